The average molecular weight is 295 g/mol. The largest absolute Gasteiger partial charge is 0.400 e. The summed E-state index contributed by atoms with van der Waals surface area (Å²) in [6.45, 7) is 0. The molecule has 0 aliphatic rings. The SMILES string of the molecule is CO.O=C(c1ccccc1)c1cc([N+](=O)[O-])cc(F)c1F. The quantitative estimate of drug-likeness (QED) is 0.536. The number of nitro groups is 1. The standard InChI is InChI=1S/C13H7F2NO3.CH4O/c14-11-7-9(16(18)19)6-10(12(11)15)13(17)8-4-2-1-3-5-8;1-2/h1-7H;2H,1H3. The summed E-state index contributed by atoms with van der Waals surface area (Å²) in [5.74, 6) is -3.62. The summed E-state index contributed by atoms with van der Waals surface area (Å²) >= 11 is 0. The van der Waals surface area contributed by atoms with Gasteiger partial charge < -0.3 is 5.11 Å². The van der Waals surface area contributed by atoms with E-state index in [0.717, 1.165) is 13.2 Å². The van der Waals surface area contributed by atoms with Gasteiger partial charge in [-0.15, -0.1) is 0 Å². The van der Waals surface area contributed by atoms with Crippen LogP contribution in [0.5, 0.6) is 0 Å². The number of hydrogen-bond acceptors (Lipinski definition) is 4. The molecule has 0 amide bonds. The molecule has 0 radical (unpaired) electrons. The molecule has 0 bridgehead atoms. The van der Waals surface area contributed by atoms with Crippen molar-refractivity contribution in [2.24, 2.45) is 0 Å². The van der Waals surface area contributed by atoms with Crippen LogP contribution in [0.25, 0.3) is 0 Å². The first-order valence-corrected chi connectivity index (χ1v) is 5.68. The molecule has 0 aromatic heterocycles. The van der Waals surface area contributed by atoms with E-state index in [0.29, 0.717) is 6.07 Å². The van der Waals surface area contributed by atoms with Crippen LogP contribution in [0.3, 0.4) is 0 Å². The van der Waals surface area contributed by atoms with E-state index in [9.17, 15) is 23.7 Å². The lowest BCUT2D eigenvalue weighted by atomic mass is 10.0. The minimum absolute atomic E-state index is 0.126. The van der Waals surface area contributed by atoms with Crippen LogP contribution in [-0.4, -0.2) is 22.9 Å². The Kier molecular flexibility index (Phi) is 5.62. The fraction of sp³-hybridized carbons (Fsp3) is 0.0714. The summed E-state index contributed by atoms with van der Waals surface area (Å²) < 4.78 is 26.8. The van der Waals surface area contributed by atoms with Crippen molar-refractivity contribution in [1.29, 1.82) is 0 Å². The summed E-state index contributed by atoms with van der Waals surface area (Å²) in [6.07, 6.45) is 0. The van der Waals surface area contributed by atoms with E-state index in [-0.39, 0.29) is 5.56 Å². The zero-order valence-corrected chi connectivity index (χ0v) is 10.9. The van der Waals surface area contributed by atoms with Gasteiger partial charge in [-0.3, -0.25) is 14.9 Å². The Morgan fingerprint density at radius 2 is 1.71 bits per heavy atom. The van der Waals surface area contributed by atoms with Gasteiger partial charge in [0.2, 0.25) is 0 Å². The topological polar surface area (TPSA) is 80.4 Å². The molecular formula is C14H11F2NO4. The van der Waals surface area contributed by atoms with Crippen molar-refractivity contribution in [3.63, 3.8) is 0 Å². The molecule has 0 aliphatic carbocycles. The number of nitro benzene ring substituents is 1. The lowest BCUT2D eigenvalue weighted by Crippen LogP contribution is -2.07. The Morgan fingerprint density at radius 3 is 2.24 bits per heavy atom. The van der Waals surface area contributed by atoms with Crippen LogP contribution in [-0.2, 0) is 0 Å². The molecule has 0 spiro atoms. The fourth-order valence-corrected chi connectivity index (χ4v) is 1.59. The van der Waals surface area contributed by atoms with Crippen molar-refractivity contribution in [3.05, 3.63) is 75.3 Å². The van der Waals surface area contributed by atoms with Gasteiger partial charge in [-0.1, -0.05) is 30.3 Å². The number of aliphatic hydroxyl groups excluding tert-OH is 1. The number of carbonyl (C=O) groups excluding carboxylic acids is 1. The molecule has 1 N–H and O–H groups in total. The molecule has 0 saturated heterocycles. The number of aliphatic hydroxyl groups is 1. The molecule has 0 unspecified atom stereocenters. The highest BCUT2D eigenvalue weighted by Crippen LogP contribution is 2.22. The Hall–Kier alpha value is -2.67. The lowest BCUT2D eigenvalue weighted by Gasteiger charge is -2.03. The number of non-ortho nitro benzene ring substituents is 1. The van der Waals surface area contributed by atoms with Gasteiger partial charge in [-0.25, -0.2) is 8.78 Å². The molecule has 21 heavy (non-hydrogen) atoms. The summed E-state index contributed by atoms with van der Waals surface area (Å²) in [5.41, 5.74) is -1.20. The predicted octanol–water partition coefficient (Wildman–Crippen LogP) is 2.71. The minimum Gasteiger partial charge on any atom is -0.400 e. The number of benzene rings is 2. The van der Waals surface area contributed by atoms with Crippen molar-refractivity contribution in [2.75, 3.05) is 7.11 Å². The highest BCUT2D eigenvalue weighted by molar-refractivity contribution is 6.09. The average Bonchev–Trinajstić information content (AvgIpc) is 2.52. The van der Waals surface area contributed by atoms with Crippen LogP contribution >= 0.6 is 0 Å². The molecule has 5 nitrogen and oxygen atoms in total. The van der Waals surface area contributed by atoms with Gasteiger partial charge in [-0.05, 0) is 0 Å². The zero-order valence-electron chi connectivity index (χ0n) is 10.9. The zero-order chi connectivity index (χ0) is 16.0. The van der Waals surface area contributed by atoms with Gasteiger partial charge in [0.1, 0.15) is 0 Å². The van der Waals surface area contributed by atoms with E-state index in [4.69, 9.17) is 5.11 Å². The molecule has 7 heteroatoms. The maximum atomic E-state index is 13.6. The van der Waals surface area contributed by atoms with Gasteiger partial charge in [0.25, 0.3) is 5.69 Å². The molecule has 2 rings (SSSR count). The van der Waals surface area contributed by atoms with E-state index >= 15 is 0 Å². The number of rotatable bonds is 3. The van der Waals surface area contributed by atoms with Crippen molar-refractivity contribution in [2.45, 2.75) is 0 Å². The summed E-state index contributed by atoms with van der Waals surface area (Å²) in [4.78, 5) is 21.7. The first-order chi connectivity index (χ1) is 10.0. The van der Waals surface area contributed by atoms with Crippen molar-refractivity contribution in [1.82, 2.24) is 0 Å². The van der Waals surface area contributed by atoms with Crippen LogP contribution in [0.15, 0.2) is 42.5 Å². The van der Waals surface area contributed by atoms with Gasteiger partial charge in [0, 0.05) is 18.7 Å². The lowest BCUT2D eigenvalue weighted by molar-refractivity contribution is -0.385. The predicted molar refractivity (Wildman–Crippen MR) is 71.0 cm³/mol. The second kappa shape index (κ2) is 7.20. The van der Waals surface area contributed by atoms with E-state index < -0.39 is 33.6 Å². The molecule has 2 aromatic rings. The fourth-order valence-electron chi connectivity index (χ4n) is 1.59. The second-order valence-corrected chi connectivity index (χ2v) is 3.74. The first-order valence-electron chi connectivity index (χ1n) is 5.68. The maximum Gasteiger partial charge on any atom is 0.273 e. The van der Waals surface area contributed by atoms with Crippen LogP contribution in [0.4, 0.5) is 14.5 Å². The van der Waals surface area contributed by atoms with Gasteiger partial charge in [-0.2, -0.15) is 0 Å². The van der Waals surface area contributed by atoms with Crippen LogP contribution in [0, 0.1) is 21.7 Å². The smallest absolute Gasteiger partial charge is 0.273 e. The highest BCUT2D eigenvalue weighted by atomic mass is 19.2. The number of halogens is 2. The third-order valence-corrected chi connectivity index (χ3v) is 2.50. The summed E-state index contributed by atoms with van der Waals surface area (Å²) in [7, 11) is 1.00. The second-order valence-electron chi connectivity index (χ2n) is 3.74. The van der Waals surface area contributed by atoms with Gasteiger partial charge >= 0.3 is 0 Å². The molecule has 0 fully saturated rings. The molecule has 0 saturated carbocycles. The third-order valence-electron chi connectivity index (χ3n) is 2.50. The van der Waals surface area contributed by atoms with Crippen LogP contribution in [0.2, 0.25) is 0 Å². The summed E-state index contributed by atoms with van der Waals surface area (Å²) in [6, 6.07) is 8.76. The number of carbonyl (C=O) groups is 1. The van der Waals surface area contributed by atoms with Crippen molar-refractivity contribution < 1.29 is 23.6 Å². The van der Waals surface area contributed by atoms with Gasteiger partial charge in [0.15, 0.2) is 17.4 Å². The van der Waals surface area contributed by atoms with E-state index in [1.165, 1.54) is 12.1 Å². The molecule has 2 aromatic carbocycles. The van der Waals surface area contributed by atoms with E-state index in [1.807, 2.05) is 0 Å². The molecule has 0 heterocycles. The Morgan fingerprint density at radius 1 is 1.14 bits per heavy atom. The van der Waals surface area contributed by atoms with Crippen LogP contribution < -0.4 is 0 Å². The van der Waals surface area contributed by atoms with Crippen LogP contribution in [0.1, 0.15) is 15.9 Å². The van der Waals surface area contributed by atoms with Crippen molar-refractivity contribution in [3.8, 4) is 0 Å². The van der Waals surface area contributed by atoms with E-state index in [1.54, 1.807) is 18.2 Å². The monoisotopic (exact) mass is 295 g/mol. The van der Waals surface area contributed by atoms with E-state index in [2.05, 4.69) is 0 Å². The number of nitrogens with zero attached hydrogens (tertiary/aromatic N) is 1. The third kappa shape index (κ3) is 3.67. The minimum atomic E-state index is -1.42. The molecule has 0 atom stereocenters. The van der Waals surface area contributed by atoms with Gasteiger partial charge in [0.05, 0.1) is 16.6 Å². The normalized spacial score (nSPS) is 9.52. The Bertz CT molecular complexity index is 660. The Balaban J connectivity index is 0.00000106. The number of hydrogen-bond donors (Lipinski definition) is 1. The molecular weight excluding hydrogens is 284 g/mol. The van der Waals surface area contributed by atoms with Crippen molar-refractivity contribution >= 4 is 11.5 Å². The first kappa shape index (κ1) is 16.4. The maximum absolute atomic E-state index is 13.6. The highest BCUT2D eigenvalue weighted by Gasteiger charge is 2.22. The Labute approximate surface area is 118 Å². The molecule has 0 aliphatic heterocycles. The molecule has 110 valence electrons. The number of ketones is 1. The summed E-state index contributed by atoms with van der Waals surface area (Å²) in [5, 5.41) is 17.6.